The summed E-state index contributed by atoms with van der Waals surface area (Å²) in [4.78, 5) is 11.5. The molecule has 1 heterocycles. The van der Waals surface area contributed by atoms with Gasteiger partial charge < -0.3 is 10.1 Å². The Morgan fingerprint density at radius 1 is 1.69 bits per heavy atom. The molecule has 0 saturated heterocycles. The van der Waals surface area contributed by atoms with Crippen molar-refractivity contribution in [1.82, 2.24) is 0 Å². The van der Waals surface area contributed by atoms with Gasteiger partial charge in [-0.3, -0.25) is 0 Å². The summed E-state index contributed by atoms with van der Waals surface area (Å²) in [5.41, 5.74) is 2.53. The molecule has 0 spiro atoms. The van der Waals surface area contributed by atoms with E-state index < -0.39 is 0 Å². The Balaban J connectivity index is 2.15. The molecule has 0 amide bonds. The van der Waals surface area contributed by atoms with Crippen LogP contribution in [0.4, 0.5) is 5.69 Å². The summed E-state index contributed by atoms with van der Waals surface area (Å²) in [6.07, 6.45) is 0.587. The van der Waals surface area contributed by atoms with Crippen LogP contribution in [0.5, 0.6) is 0 Å². The number of carbonyl (C=O) groups is 1. The minimum absolute atomic E-state index is 0.239. The summed E-state index contributed by atoms with van der Waals surface area (Å²) < 4.78 is 4.95. The Hall–Kier alpha value is -2.02. The van der Waals surface area contributed by atoms with E-state index in [-0.39, 0.29) is 12.0 Å². The number of nitrogens with zero attached hydrogens (tertiary/aromatic N) is 1. The highest BCUT2D eigenvalue weighted by atomic mass is 16.5. The molecule has 16 heavy (non-hydrogen) atoms. The van der Waals surface area contributed by atoms with E-state index in [4.69, 9.17) is 10.00 Å². The van der Waals surface area contributed by atoms with Crippen molar-refractivity contribution in [2.24, 2.45) is 0 Å². The Labute approximate surface area is 93.8 Å². The third kappa shape index (κ3) is 1.84. The largest absolute Gasteiger partial charge is 0.464 e. The molecule has 4 nitrogen and oxygen atoms in total. The van der Waals surface area contributed by atoms with Gasteiger partial charge in [0.1, 0.15) is 6.04 Å². The zero-order valence-electron chi connectivity index (χ0n) is 8.99. The summed E-state index contributed by atoms with van der Waals surface area (Å²) in [5, 5.41) is 11.9. The number of hydrogen-bond donors (Lipinski definition) is 1. The number of esters is 1. The van der Waals surface area contributed by atoms with Crippen LogP contribution in [0.3, 0.4) is 0 Å². The molecule has 82 valence electrons. The van der Waals surface area contributed by atoms with Crippen molar-refractivity contribution >= 4 is 11.7 Å². The van der Waals surface area contributed by atoms with Crippen LogP contribution in [0.1, 0.15) is 18.1 Å². The molecule has 0 radical (unpaired) electrons. The number of anilines is 1. The second-order valence-corrected chi connectivity index (χ2v) is 3.64. The van der Waals surface area contributed by atoms with Gasteiger partial charge in [0.15, 0.2) is 0 Å². The summed E-state index contributed by atoms with van der Waals surface area (Å²) in [6.45, 7) is 2.17. The fraction of sp³-hybridized carbons (Fsp3) is 0.333. The van der Waals surface area contributed by atoms with Gasteiger partial charge in [-0.2, -0.15) is 5.26 Å². The van der Waals surface area contributed by atoms with Crippen LogP contribution in [0.15, 0.2) is 18.2 Å². The van der Waals surface area contributed by atoms with Crippen LogP contribution in [0, 0.1) is 11.3 Å². The number of fused-ring (bicyclic) bond motifs is 1. The smallest absolute Gasteiger partial charge is 0.328 e. The van der Waals surface area contributed by atoms with Crippen molar-refractivity contribution < 1.29 is 9.53 Å². The maximum atomic E-state index is 11.5. The number of rotatable bonds is 2. The zero-order chi connectivity index (χ0) is 11.5. The lowest BCUT2D eigenvalue weighted by atomic mass is 10.1. The SMILES string of the molecule is CCOC(=O)C1Cc2cc(C#N)ccc2N1. The Kier molecular flexibility index (Phi) is 2.78. The van der Waals surface area contributed by atoms with E-state index in [1.54, 1.807) is 13.0 Å². The quantitative estimate of drug-likeness (QED) is 0.760. The Morgan fingerprint density at radius 3 is 3.19 bits per heavy atom. The van der Waals surface area contributed by atoms with Crippen LogP contribution in [-0.2, 0) is 16.0 Å². The van der Waals surface area contributed by atoms with Crippen LogP contribution < -0.4 is 5.32 Å². The molecule has 1 aromatic rings. The first-order valence-corrected chi connectivity index (χ1v) is 5.20. The van der Waals surface area contributed by atoms with Gasteiger partial charge in [-0.05, 0) is 30.7 Å². The average Bonchev–Trinajstić information content (AvgIpc) is 2.71. The van der Waals surface area contributed by atoms with E-state index in [0.717, 1.165) is 11.3 Å². The molecule has 1 aliphatic rings. The molecule has 1 aromatic carbocycles. The van der Waals surface area contributed by atoms with Gasteiger partial charge >= 0.3 is 5.97 Å². The number of nitrogens with one attached hydrogen (secondary N) is 1. The van der Waals surface area contributed by atoms with Crippen LogP contribution in [0.2, 0.25) is 0 Å². The lowest BCUT2D eigenvalue weighted by Gasteiger charge is -2.09. The average molecular weight is 216 g/mol. The van der Waals surface area contributed by atoms with Gasteiger partial charge in [-0.1, -0.05) is 0 Å². The minimum atomic E-state index is -0.316. The highest BCUT2D eigenvalue weighted by Crippen LogP contribution is 2.27. The van der Waals surface area contributed by atoms with Gasteiger partial charge in [-0.25, -0.2) is 4.79 Å². The normalized spacial score (nSPS) is 17.1. The minimum Gasteiger partial charge on any atom is -0.464 e. The maximum Gasteiger partial charge on any atom is 0.328 e. The number of nitriles is 1. The van der Waals surface area contributed by atoms with Gasteiger partial charge in [0.05, 0.1) is 18.2 Å². The van der Waals surface area contributed by atoms with E-state index in [0.29, 0.717) is 18.6 Å². The number of carbonyl (C=O) groups excluding carboxylic acids is 1. The molecule has 1 aliphatic heterocycles. The van der Waals surface area contributed by atoms with Crippen LogP contribution in [-0.4, -0.2) is 18.6 Å². The lowest BCUT2D eigenvalue weighted by Crippen LogP contribution is -2.28. The van der Waals surface area contributed by atoms with E-state index >= 15 is 0 Å². The van der Waals surface area contributed by atoms with Crippen molar-refractivity contribution in [2.45, 2.75) is 19.4 Å². The third-order valence-electron chi connectivity index (χ3n) is 2.56. The second-order valence-electron chi connectivity index (χ2n) is 3.64. The van der Waals surface area contributed by atoms with Crippen molar-refractivity contribution in [3.8, 4) is 6.07 Å². The number of ether oxygens (including phenoxy) is 1. The first-order chi connectivity index (χ1) is 7.74. The molecular formula is C12H12N2O2. The molecule has 4 heteroatoms. The highest BCUT2D eigenvalue weighted by Gasteiger charge is 2.27. The summed E-state index contributed by atoms with van der Waals surface area (Å²) in [7, 11) is 0. The molecule has 2 rings (SSSR count). The molecule has 1 unspecified atom stereocenters. The van der Waals surface area contributed by atoms with Crippen molar-refractivity contribution in [1.29, 1.82) is 5.26 Å². The highest BCUT2D eigenvalue weighted by molar-refractivity contribution is 5.83. The van der Waals surface area contributed by atoms with Gasteiger partial charge in [0.25, 0.3) is 0 Å². The summed E-state index contributed by atoms with van der Waals surface area (Å²) in [5.74, 6) is -0.239. The molecule has 0 fully saturated rings. The number of hydrogen-bond acceptors (Lipinski definition) is 4. The van der Waals surface area contributed by atoms with Gasteiger partial charge in [0.2, 0.25) is 0 Å². The molecule has 0 bridgehead atoms. The molecule has 1 N–H and O–H groups in total. The van der Waals surface area contributed by atoms with Gasteiger partial charge in [0, 0.05) is 12.1 Å². The Morgan fingerprint density at radius 2 is 2.50 bits per heavy atom. The van der Waals surface area contributed by atoms with Crippen molar-refractivity contribution in [3.05, 3.63) is 29.3 Å². The summed E-state index contributed by atoms with van der Waals surface area (Å²) in [6, 6.07) is 7.14. The Bertz CT molecular complexity index is 463. The third-order valence-corrected chi connectivity index (χ3v) is 2.56. The molecule has 1 atom stereocenters. The molecule has 0 aromatic heterocycles. The molecule has 0 aliphatic carbocycles. The predicted octanol–water partition coefficient (Wildman–Crippen LogP) is 1.46. The van der Waals surface area contributed by atoms with Crippen LogP contribution >= 0.6 is 0 Å². The van der Waals surface area contributed by atoms with Gasteiger partial charge in [-0.15, -0.1) is 0 Å². The van der Waals surface area contributed by atoms with E-state index in [1.165, 1.54) is 0 Å². The van der Waals surface area contributed by atoms with E-state index in [1.807, 2.05) is 12.1 Å². The monoisotopic (exact) mass is 216 g/mol. The first kappa shape index (κ1) is 10.5. The van der Waals surface area contributed by atoms with E-state index in [9.17, 15) is 4.79 Å². The summed E-state index contributed by atoms with van der Waals surface area (Å²) >= 11 is 0. The topological polar surface area (TPSA) is 62.1 Å². The number of benzene rings is 1. The molecule has 0 saturated carbocycles. The zero-order valence-corrected chi connectivity index (χ0v) is 8.99. The first-order valence-electron chi connectivity index (χ1n) is 5.20. The maximum absolute atomic E-state index is 11.5. The standard InChI is InChI=1S/C12H12N2O2/c1-2-16-12(15)11-6-9-5-8(7-13)3-4-10(9)14-11/h3-5,11,14H,2,6H2,1H3. The fourth-order valence-corrected chi connectivity index (χ4v) is 1.82. The predicted molar refractivity (Wildman–Crippen MR) is 58.9 cm³/mol. The second kappa shape index (κ2) is 4.23. The molecular weight excluding hydrogens is 204 g/mol. The van der Waals surface area contributed by atoms with Crippen LogP contribution in [0.25, 0.3) is 0 Å². The fourth-order valence-electron chi connectivity index (χ4n) is 1.82. The van der Waals surface area contributed by atoms with Crippen molar-refractivity contribution in [2.75, 3.05) is 11.9 Å². The van der Waals surface area contributed by atoms with E-state index in [2.05, 4.69) is 11.4 Å². The lowest BCUT2D eigenvalue weighted by molar-refractivity contribution is -0.143. The van der Waals surface area contributed by atoms with Crippen molar-refractivity contribution in [3.63, 3.8) is 0 Å².